The quantitative estimate of drug-likeness (QED) is 0.141. The number of hydrogen-bond donors (Lipinski definition) is 0. The number of hydrogen-bond acceptors (Lipinski definition) is 2. The van der Waals surface area contributed by atoms with Gasteiger partial charge < -0.3 is 0 Å². The van der Waals surface area contributed by atoms with Crippen molar-refractivity contribution in [1.82, 2.24) is 0 Å². The van der Waals surface area contributed by atoms with Crippen molar-refractivity contribution in [3.63, 3.8) is 0 Å². The van der Waals surface area contributed by atoms with Crippen molar-refractivity contribution in [3.05, 3.63) is 40.0 Å². The zero-order valence-corrected chi connectivity index (χ0v) is 27.5. The minimum absolute atomic E-state index is 0.216. The molecule has 0 spiro atoms. The summed E-state index contributed by atoms with van der Waals surface area (Å²) in [4.78, 5) is 0. The molecule has 0 aliphatic rings. The second-order valence-electron chi connectivity index (χ2n) is 10.3. The summed E-state index contributed by atoms with van der Waals surface area (Å²) in [5, 5.41) is 0. The van der Waals surface area contributed by atoms with Crippen molar-refractivity contribution in [2.45, 2.75) is 124 Å². The molecule has 1 aromatic rings. The van der Waals surface area contributed by atoms with E-state index >= 15 is 0 Å². The van der Waals surface area contributed by atoms with Crippen molar-refractivity contribution in [2.24, 2.45) is 0 Å². The molecule has 0 aromatic heterocycles. The van der Waals surface area contributed by atoms with Crippen LogP contribution in [0, 0.1) is 0 Å². The van der Waals surface area contributed by atoms with E-state index in [2.05, 4.69) is 51.7 Å². The zero-order chi connectivity index (χ0) is 27.1. The van der Waals surface area contributed by atoms with Crippen LogP contribution in [0.5, 0.6) is 5.75 Å². The third kappa shape index (κ3) is 11.5. The van der Waals surface area contributed by atoms with Gasteiger partial charge in [0.15, 0.2) is 0 Å². The first-order chi connectivity index (χ1) is 17.1. The minimum atomic E-state index is -4.38. The molecule has 0 bridgehead atoms. The van der Waals surface area contributed by atoms with Gasteiger partial charge in [0.25, 0.3) is 0 Å². The van der Waals surface area contributed by atoms with E-state index < -0.39 is 38.4 Å². The van der Waals surface area contributed by atoms with Crippen LogP contribution in [0.1, 0.15) is 85.6 Å². The van der Waals surface area contributed by atoms with E-state index in [-0.39, 0.29) is 18.5 Å². The van der Waals surface area contributed by atoms with Crippen molar-refractivity contribution < 1.29 is 22.3 Å². The molecule has 36 heavy (non-hydrogen) atoms. The van der Waals surface area contributed by atoms with Crippen LogP contribution in [0.4, 0.5) is 13.2 Å². The maximum atomic E-state index is 13.2. The number of rotatable bonds is 19. The Kier molecular flexibility index (Phi) is 16.0. The Morgan fingerprint density at radius 2 is 1.39 bits per heavy atom. The first-order valence-corrected chi connectivity index (χ1v) is 24.5. The molecule has 0 aliphatic carbocycles. The Morgan fingerprint density at radius 1 is 0.861 bits per heavy atom. The van der Waals surface area contributed by atoms with E-state index in [1.165, 1.54) is 57.9 Å². The number of benzene rings is 1. The Hall–Kier alpha value is -0.474. The van der Waals surface area contributed by atoms with Gasteiger partial charge in [-0.05, 0) is 0 Å². The maximum absolute atomic E-state index is 13.2. The van der Waals surface area contributed by atoms with Crippen LogP contribution < -0.4 is 4.74 Å². The van der Waals surface area contributed by atoms with Crippen LogP contribution in [-0.2, 0) is 10.6 Å². The summed E-state index contributed by atoms with van der Waals surface area (Å²) in [5.74, 6) is 0.251. The molecule has 0 saturated heterocycles. The van der Waals surface area contributed by atoms with Crippen LogP contribution in [0.15, 0.2) is 34.4 Å². The Balaban J connectivity index is 3.26. The van der Waals surface area contributed by atoms with E-state index in [0.717, 1.165) is 30.3 Å². The molecule has 2 nitrogen and oxygen atoms in total. The standard InChI is InChI=1S/C17H24F3O2Si.3C4H9.Sn/c1-5-15(22-23(6-2,7-3)8-4)13-21-16-11-9-10-14(12-16)17(18,19)20;3*1-3-4-2;/h1,5,9-12,15H,6-8,13H2,2-4H3;3*1,3-4H2,2H3;. The molecule has 0 amide bonds. The first kappa shape index (κ1) is 33.6. The van der Waals surface area contributed by atoms with Crippen molar-refractivity contribution in [2.75, 3.05) is 6.61 Å². The van der Waals surface area contributed by atoms with Gasteiger partial charge in [-0.15, -0.1) is 0 Å². The van der Waals surface area contributed by atoms with Gasteiger partial charge in [-0.3, -0.25) is 0 Å². The van der Waals surface area contributed by atoms with Crippen molar-refractivity contribution in [1.29, 1.82) is 0 Å². The molecule has 7 heteroatoms. The van der Waals surface area contributed by atoms with E-state index in [9.17, 15) is 13.2 Å². The predicted octanol–water partition coefficient (Wildman–Crippen LogP) is 10.4. The monoisotopic (exact) mass is 636 g/mol. The van der Waals surface area contributed by atoms with Gasteiger partial charge in [-0.1, -0.05) is 0 Å². The van der Waals surface area contributed by atoms with E-state index in [4.69, 9.17) is 9.16 Å². The summed E-state index contributed by atoms with van der Waals surface area (Å²) in [6.07, 6.45) is 5.23. The summed E-state index contributed by atoms with van der Waals surface area (Å²) in [6.45, 7) is 13.7. The van der Waals surface area contributed by atoms with Crippen molar-refractivity contribution >= 4 is 26.7 Å². The van der Waals surface area contributed by atoms with Crippen LogP contribution in [-0.4, -0.2) is 39.4 Å². The summed E-state index contributed by atoms with van der Waals surface area (Å²) in [5.41, 5.74) is -0.679. The summed E-state index contributed by atoms with van der Waals surface area (Å²) >= 11 is -2.52. The Morgan fingerprint density at radius 3 is 1.83 bits per heavy atom. The third-order valence-corrected chi connectivity index (χ3v) is 26.4. The van der Waals surface area contributed by atoms with Crippen LogP contribution in [0.2, 0.25) is 31.4 Å². The number of unbranched alkanes of at least 4 members (excludes halogenated alkanes) is 3. The third-order valence-electron chi connectivity index (χ3n) is 7.66. The SMILES string of the molecule is CCC[CH2][Sn](/[CH]=C/C(COc1cccc(C(F)(F)F)c1)O[Si](CC)(CC)CC)([CH2]CCC)[CH2]CCC. The molecule has 1 atom stereocenters. The Bertz CT molecular complexity index is 720. The fourth-order valence-electron chi connectivity index (χ4n) is 4.91. The second kappa shape index (κ2) is 17.2. The average Bonchev–Trinajstić information content (AvgIpc) is 2.88. The molecule has 0 radical (unpaired) electrons. The van der Waals surface area contributed by atoms with Gasteiger partial charge in [0.2, 0.25) is 0 Å². The molecule has 0 saturated carbocycles. The molecule has 1 rings (SSSR count). The molecule has 1 aromatic carbocycles. The van der Waals surface area contributed by atoms with Crippen LogP contribution in [0.25, 0.3) is 0 Å². The number of alkyl halides is 3. The fraction of sp³-hybridized carbons (Fsp3) is 0.724. The number of ether oxygens (including phenoxy) is 1. The van der Waals surface area contributed by atoms with Gasteiger partial charge in [-0.2, -0.15) is 0 Å². The Labute approximate surface area is 224 Å². The second-order valence-corrected chi connectivity index (χ2v) is 28.0. The van der Waals surface area contributed by atoms with Gasteiger partial charge in [0.05, 0.1) is 0 Å². The summed E-state index contributed by atoms with van der Waals surface area (Å²) < 4.78 is 59.2. The summed E-state index contributed by atoms with van der Waals surface area (Å²) in [6, 6.07) is 8.29. The van der Waals surface area contributed by atoms with Gasteiger partial charge >= 0.3 is 225 Å². The van der Waals surface area contributed by atoms with Crippen molar-refractivity contribution in [3.8, 4) is 5.75 Å². The predicted molar refractivity (Wildman–Crippen MR) is 153 cm³/mol. The summed E-state index contributed by atoms with van der Waals surface area (Å²) in [7, 11) is -1.92. The van der Waals surface area contributed by atoms with Crippen LogP contribution in [0.3, 0.4) is 0 Å². The zero-order valence-electron chi connectivity index (χ0n) is 23.7. The number of halogens is 3. The van der Waals surface area contributed by atoms with E-state index in [1.807, 2.05) is 0 Å². The molecule has 208 valence electrons. The first-order valence-electron chi connectivity index (χ1n) is 14.3. The van der Waals surface area contributed by atoms with E-state index in [0.29, 0.717) is 0 Å². The topological polar surface area (TPSA) is 18.5 Å². The molecular formula is C29H51F3O2SiSn. The molecule has 0 heterocycles. The molecule has 1 unspecified atom stereocenters. The van der Waals surface area contributed by atoms with Gasteiger partial charge in [0, 0.05) is 0 Å². The fourth-order valence-corrected chi connectivity index (χ4v) is 22.1. The van der Waals surface area contributed by atoms with Crippen LogP contribution >= 0.6 is 0 Å². The van der Waals surface area contributed by atoms with E-state index in [1.54, 1.807) is 6.07 Å². The van der Waals surface area contributed by atoms with Gasteiger partial charge in [0.1, 0.15) is 0 Å². The molecular weight excluding hydrogens is 584 g/mol. The molecule has 0 aliphatic heterocycles. The molecule has 0 fully saturated rings. The average molecular weight is 636 g/mol. The molecule has 0 N–H and O–H groups in total. The van der Waals surface area contributed by atoms with Gasteiger partial charge in [-0.25, -0.2) is 0 Å². The normalized spacial score (nSPS) is 13.9.